The second kappa shape index (κ2) is 8.33. The molecule has 1 saturated heterocycles. The molecule has 2 aliphatic rings. The summed E-state index contributed by atoms with van der Waals surface area (Å²) in [6, 6.07) is 13.8. The number of aryl methyl sites for hydroxylation is 2. The number of fused-ring (bicyclic) bond motifs is 6. The Hall–Kier alpha value is -3.87. The van der Waals surface area contributed by atoms with E-state index < -0.39 is 5.60 Å². The highest BCUT2D eigenvalue weighted by atomic mass is 16.6. The highest BCUT2D eigenvalue weighted by Gasteiger charge is 2.46. The fourth-order valence-electron chi connectivity index (χ4n) is 5.95. The van der Waals surface area contributed by atoms with Crippen LogP contribution in [-0.2, 0) is 18.2 Å². The van der Waals surface area contributed by atoms with Crippen LogP contribution in [-0.4, -0.2) is 36.8 Å². The van der Waals surface area contributed by atoms with Crippen LogP contribution in [0.4, 0.5) is 4.79 Å². The molecular formula is C30H32N4O3. The van der Waals surface area contributed by atoms with Crippen LogP contribution in [0.1, 0.15) is 56.5 Å². The zero-order valence-electron chi connectivity index (χ0n) is 22.0. The molecule has 2 bridgehead atoms. The van der Waals surface area contributed by atoms with Crippen LogP contribution in [0.2, 0.25) is 0 Å². The molecule has 6 rings (SSSR count). The van der Waals surface area contributed by atoms with E-state index in [9.17, 15) is 9.59 Å². The molecule has 0 aliphatic carbocycles. The van der Waals surface area contributed by atoms with E-state index in [-0.39, 0.29) is 23.7 Å². The van der Waals surface area contributed by atoms with Crippen molar-refractivity contribution in [3.8, 4) is 16.9 Å². The molecule has 37 heavy (non-hydrogen) atoms. The Bertz CT molecular complexity index is 1590. The maximum Gasteiger partial charge on any atom is 0.411 e. The van der Waals surface area contributed by atoms with Crippen molar-refractivity contribution in [3.63, 3.8) is 0 Å². The van der Waals surface area contributed by atoms with Gasteiger partial charge in [0.2, 0.25) is 0 Å². The van der Waals surface area contributed by atoms with Crippen molar-refractivity contribution < 1.29 is 9.53 Å². The van der Waals surface area contributed by atoms with Crippen molar-refractivity contribution in [2.45, 2.75) is 64.6 Å². The molecule has 7 heteroatoms. The van der Waals surface area contributed by atoms with E-state index in [2.05, 4.69) is 28.7 Å². The van der Waals surface area contributed by atoms with Crippen LogP contribution in [0.25, 0.3) is 27.8 Å². The summed E-state index contributed by atoms with van der Waals surface area (Å²) >= 11 is 0. The highest BCUT2D eigenvalue weighted by molar-refractivity contribution is 5.89. The van der Waals surface area contributed by atoms with E-state index in [1.807, 2.05) is 69.3 Å². The number of aromatic nitrogens is 3. The Balaban J connectivity index is 1.38. The Morgan fingerprint density at radius 3 is 2.59 bits per heavy atom. The Kier molecular flexibility index (Phi) is 5.30. The van der Waals surface area contributed by atoms with Crippen LogP contribution in [0.5, 0.6) is 0 Å². The van der Waals surface area contributed by atoms with Crippen LogP contribution >= 0.6 is 0 Å². The van der Waals surface area contributed by atoms with Crippen molar-refractivity contribution in [1.82, 2.24) is 19.0 Å². The number of amides is 1. The Labute approximate surface area is 216 Å². The van der Waals surface area contributed by atoms with Crippen LogP contribution in [0, 0.1) is 6.92 Å². The van der Waals surface area contributed by atoms with E-state index in [1.165, 1.54) is 11.3 Å². The normalized spacial score (nSPS) is 18.8. The van der Waals surface area contributed by atoms with Gasteiger partial charge in [-0.25, -0.2) is 4.79 Å². The largest absolute Gasteiger partial charge is 0.444 e. The topological polar surface area (TPSA) is 69.4 Å². The van der Waals surface area contributed by atoms with Crippen molar-refractivity contribution >= 4 is 17.0 Å². The zero-order chi connectivity index (χ0) is 26.1. The first-order chi connectivity index (χ1) is 17.6. The summed E-state index contributed by atoms with van der Waals surface area (Å²) in [7, 11) is 2.09. The second-order valence-electron chi connectivity index (χ2n) is 11.3. The minimum absolute atomic E-state index is 0.0159. The summed E-state index contributed by atoms with van der Waals surface area (Å²) in [6.45, 7) is 7.72. The lowest BCUT2D eigenvalue weighted by molar-refractivity contribution is 0.0124. The van der Waals surface area contributed by atoms with Crippen LogP contribution in [0.3, 0.4) is 0 Å². The third-order valence-electron chi connectivity index (χ3n) is 7.62. The number of nitrogens with zero attached hydrogens (tertiary/aromatic N) is 4. The highest BCUT2D eigenvalue weighted by Crippen LogP contribution is 2.48. The summed E-state index contributed by atoms with van der Waals surface area (Å²) in [6.07, 6.45) is 6.12. The first-order valence-corrected chi connectivity index (χ1v) is 12.9. The third kappa shape index (κ3) is 3.93. The summed E-state index contributed by atoms with van der Waals surface area (Å²) in [5.41, 5.74) is 6.40. The molecule has 5 heterocycles. The molecule has 0 radical (unpaired) electrons. The predicted molar refractivity (Wildman–Crippen MR) is 144 cm³/mol. The van der Waals surface area contributed by atoms with Gasteiger partial charge in [0.05, 0.1) is 22.9 Å². The number of ether oxygens (including phenoxy) is 1. The van der Waals surface area contributed by atoms with Crippen LogP contribution < -0.4 is 5.56 Å². The molecule has 2 unspecified atom stereocenters. The summed E-state index contributed by atoms with van der Waals surface area (Å²) < 4.78 is 9.67. The number of benzene rings is 1. The molecule has 2 aliphatic heterocycles. The fraction of sp³-hybridized carbons (Fsp3) is 0.367. The second-order valence-corrected chi connectivity index (χ2v) is 11.3. The zero-order valence-corrected chi connectivity index (χ0v) is 22.0. The van der Waals surface area contributed by atoms with Gasteiger partial charge in [0.15, 0.2) is 0 Å². The number of pyridine rings is 2. The number of hydrogen-bond donors (Lipinski definition) is 0. The maximum atomic E-state index is 13.1. The third-order valence-corrected chi connectivity index (χ3v) is 7.62. The van der Waals surface area contributed by atoms with Gasteiger partial charge in [-0.3, -0.25) is 19.2 Å². The van der Waals surface area contributed by atoms with Gasteiger partial charge in [0.1, 0.15) is 5.60 Å². The first kappa shape index (κ1) is 23.5. The van der Waals surface area contributed by atoms with Gasteiger partial charge in [0.25, 0.3) is 5.56 Å². The van der Waals surface area contributed by atoms with Crippen LogP contribution in [0.15, 0.2) is 59.7 Å². The lowest BCUT2D eigenvalue weighted by Crippen LogP contribution is -2.44. The molecule has 0 N–H and O–H groups in total. The number of carbonyl (C=O) groups excluding carboxylic acids is 1. The molecule has 190 valence electrons. The SMILES string of the molecule is Cc1ccc(-c2ccn(-c3ccc4c5c(n(C)c4c3)CC3CCC5N3C(=O)OC(C)(C)C)c(=O)c2)nc1. The van der Waals surface area contributed by atoms with Gasteiger partial charge in [-0.1, -0.05) is 12.1 Å². The van der Waals surface area contributed by atoms with Gasteiger partial charge >= 0.3 is 6.09 Å². The molecule has 4 aromatic rings. The number of carbonyl (C=O) groups is 1. The molecule has 2 atom stereocenters. The average molecular weight is 497 g/mol. The fourth-order valence-corrected chi connectivity index (χ4v) is 5.95. The Morgan fingerprint density at radius 2 is 1.89 bits per heavy atom. The number of hydrogen-bond acceptors (Lipinski definition) is 4. The van der Waals surface area contributed by atoms with E-state index >= 15 is 0 Å². The molecule has 0 saturated carbocycles. The van der Waals surface area contributed by atoms with Gasteiger partial charge in [0, 0.05) is 60.2 Å². The Morgan fingerprint density at radius 1 is 1.08 bits per heavy atom. The van der Waals surface area contributed by atoms with Crippen molar-refractivity contribution in [2.24, 2.45) is 7.05 Å². The lowest BCUT2D eigenvalue weighted by atomic mass is 9.97. The monoisotopic (exact) mass is 496 g/mol. The molecule has 0 spiro atoms. The van der Waals surface area contributed by atoms with Gasteiger partial charge < -0.3 is 9.30 Å². The van der Waals surface area contributed by atoms with Gasteiger partial charge in [-0.2, -0.15) is 0 Å². The summed E-state index contributed by atoms with van der Waals surface area (Å²) in [5, 5.41) is 1.13. The van der Waals surface area contributed by atoms with Gasteiger partial charge in [-0.15, -0.1) is 0 Å². The smallest absolute Gasteiger partial charge is 0.411 e. The molecule has 1 fully saturated rings. The minimum Gasteiger partial charge on any atom is -0.444 e. The molecule has 7 nitrogen and oxygen atoms in total. The summed E-state index contributed by atoms with van der Waals surface area (Å²) in [4.78, 5) is 32.6. The lowest BCUT2D eigenvalue weighted by Gasteiger charge is -2.36. The van der Waals surface area contributed by atoms with E-state index in [1.54, 1.807) is 10.6 Å². The molecule has 1 amide bonds. The molecular weight excluding hydrogens is 464 g/mol. The maximum absolute atomic E-state index is 13.1. The van der Waals surface area contributed by atoms with Crippen molar-refractivity contribution in [2.75, 3.05) is 0 Å². The predicted octanol–water partition coefficient (Wildman–Crippen LogP) is 5.70. The standard InChI is InChI=1S/C30H32N4O3/c1-18-6-10-23(31-17-18)19-12-13-33(27(35)14-19)20-7-9-22-25(15-20)32(5)26-16-21-8-11-24(28(22)26)34(21)29(36)37-30(2,3)4/h6-7,9-10,12-15,17,21,24H,8,11,16H2,1-5H3. The average Bonchev–Trinajstić information content (AvgIpc) is 3.31. The quantitative estimate of drug-likeness (QED) is 0.357. The van der Waals surface area contributed by atoms with Gasteiger partial charge in [-0.05, 0) is 70.4 Å². The van der Waals surface area contributed by atoms with Crippen molar-refractivity contribution in [1.29, 1.82) is 0 Å². The van der Waals surface area contributed by atoms with Crippen molar-refractivity contribution in [3.05, 3.63) is 82.0 Å². The molecule has 3 aromatic heterocycles. The number of rotatable bonds is 2. The summed E-state index contributed by atoms with van der Waals surface area (Å²) in [5.74, 6) is 0. The first-order valence-electron chi connectivity index (χ1n) is 12.9. The minimum atomic E-state index is -0.525. The van der Waals surface area contributed by atoms with E-state index in [0.29, 0.717) is 0 Å². The van der Waals surface area contributed by atoms with E-state index in [4.69, 9.17) is 4.74 Å². The van der Waals surface area contributed by atoms with E-state index in [0.717, 1.165) is 52.7 Å². The molecule has 1 aromatic carbocycles.